The van der Waals surface area contributed by atoms with E-state index in [0.29, 0.717) is 11.1 Å². The van der Waals surface area contributed by atoms with Gasteiger partial charge in [-0.2, -0.15) is 0 Å². The van der Waals surface area contributed by atoms with Crippen molar-refractivity contribution in [2.75, 3.05) is 37.7 Å². The first-order chi connectivity index (χ1) is 10.8. The maximum Gasteiger partial charge on any atom is 0.269 e. The van der Waals surface area contributed by atoms with Crippen LogP contribution < -0.4 is 10.2 Å². The molecule has 1 aliphatic heterocycles. The second-order valence-corrected chi connectivity index (χ2v) is 6.82. The van der Waals surface area contributed by atoms with Crippen LogP contribution in [0.2, 0.25) is 0 Å². The largest absolute Gasteiger partial charge is 0.378 e. The molecular weight excluding hydrogens is 278 g/mol. The molecule has 2 heterocycles. The molecule has 1 amide bonds. The molecule has 2 aliphatic carbocycles. The molecule has 1 aromatic heterocycles. The summed E-state index contributed by atoms with van der Waals surface area (Å²) in [6.07, 6.45) is 6.98. The summed E-state index contributed by atoms with van der Waals surface area (Å²) in [4.78, 5) is 18.9. The van der Waals surface area contributed by atoms with Gasteiger partial charge in [-0.25, -0.2) is 0 Å². The summed E-state index contributed by atoms with van der Waals surface area (Å²) in [5, 5.41) is 3.11. The first-order valence-corrected chi connectivity index (χ1v) is 8.34. The Bertz CT molecular complexity index is 561. The van der Waals surface area contributed by atoms with Crippen LogP contribution in [0.4, 0.5) is 5.69 Å². The number of carbonyl (C=O) groups excluding carboxylic acids is 1. The zero-order valence-electron chi connectivity index (χ0n) is 12.9. The molecule has 0 atom stereocenters. The monoisotopic (exact) mass is 301 g/mol. The Morgan fingerprint density at radius 1 is 1.36 bits per heavy atom. The third kappa shape index (κ3) is 2.82. The molecule has 22 heavy (non-hydrogen) atoms. The summed E-state index contributed by atoms with van der Waals surface area (Å²) in [5.41, 5.74) is 2.01. The second-order valence-electron chi connectivity index (χ2n) is 6.82. The Morgan fingerprint density at radius 2 is 2.14 bits per heavy atom. The number of carbonyl (C=O) groups is 1. The molecule has 2 saturated carbocycles. The molecule has 0 aromatic carbocycles. The smallest absolute Gasteiger partial charge is 0.269 e. The minimum atomic E-state index is -0.0398. The van der Waals surface area contributed by atoms with Crippen molar-refractivity contribution in [3.8, 4) is 0 Å². The molecular formula is C17H23N3O2. The summed E-state index contributed by atoms with van der Waals surface area (Å²) >= 11 is 0. The lowest BCUT2D eigenvalue weighted by Crippen LogP contribution is -2.36. The number of ether oxygens (including phenoxy) is 1. The number of rotatable bonds is 5. The summed E-state index contributed by atoms with van der Waals surface area (Å²) in [7, 11) is 0. The van der Waals surface area contributed by atoms with Crippen molar-refractivity contribution in [2.24, 2.45) is 11.3 Å². The fraction of sp³-hybridized carbons (Fsp3) is 0.647. The average Bonchev–Trinajstić information content (AvgIpc) is 3.47. The third-order valence-corrected chi connectivity index (χ3v) is 5.29. The molecule has 3 aliphatic rings. The summed E-state index contributed by atoms with van der Waals surface area (Å²) < 4.78 is 5.37. The van der Waals surface area contributed by atoms with E-state index in [-0.39, 0.29) is 5.91 Å². The van der Waals surface area contributed by atoms with Crippen molar-refractivity contribution in [3.05, 3.63) is 24.0 Å². The van der Waals surface area contributed by atoms with Gasteiger partial charge >= 0.3 is 0 Å². The van der Waals surface area contributed by atoms with E-state index in [9.17, 15) is 4.79 Å². The van der Waals surface area contributed by atoms with E-state index in [1.807, 2.05) is 12.1 Å². The highest BCUT2D eigenvalue weighted by atomic mass is 16.5. The van der Waals surface area contributed by atoms with Gasteiger partial charge in [0.2, 0.25) is 0 Å². The van der Waals surface area contributed by atoms with Crippen molar-refractivity contribution in [1.29, 1.82) is 0 Å². The average molecular weight is 301 g/mol. The molecule has 1 N–H and O–H groups in total. The first kappa shape index (κ1) is 14.0. The summed E-state index contributed by atoms with van der Waals surface area (Å²) in [5.74, 6) is 0.822. The zero-order chi connectivity index (χ0) is 15.0. The van der Waals surface area contributed by atoms with Crippen molar-refractivity contribution in [2.45, 2.75) is 25.7 Å². The van der Waals surface area contributed by atoms with Gasteiger partial charge in [0, 0.05) is 31.5 Å². The van der Waals surface area contributed by atoms with Crippen LogP contribution in [0.1, 0.15) is 36.2 Å². The number of pyridine rings is 1. The number of hydrogen-bond donors (Lipinski definition) is 1. The van der Waals surface area contributed by atoms with Gasteiger partial charge in [0.15, 0.2) is 0 Å². The molecule has 0 spiro atoms. The lowest BCUT2D eigenvalue weighted by Gasteiger charge is -2.28. The Labute approximate surface area is 131 Å². The Hall–Kier alpha value is -1.62. The van der Waals surface area contributed by atoms with Crippen LogP contribution in [0.15, 0.2) is 18.3 Å². The summed E-state index contributed by atoms with van der Waals surface area (Å²) in [6.45, 7) is 4.05. The van der Waals surface area contributed by atoms with E-state index in [0.717, 1.165) is 44.5 Å². The van der Waals surface area contributed by atoms with Crippen LogP contribution in [0, 0.1) is 11.3 Å². The van der Waals surface area contributed by atoms with Gasteiger partial charge in [0.05, 0.1) is 13.2 Å². The number of hydrogen-bond acceptors (Lipinski definition) is 4. The minimum absolute atomic E-state index is 0.0398. The summed E-state index contributed by atoms with van der Waals surface area (Å²) in [6, 6.07) is 3.87. The van der Waals surface area contributed by atoms with Crippen molar-refractivity contribution in [3.63, 3.8) is 0 Å². The molecule has 5 heteroatoms. The van der Waals surface area contributed by atoms with Gasteiger partial charge in [0.25, 0.3) is 5.91 Å². The molecule has 1 saturated heterocycles. The lowest BCUT2D eigenvalue weighted by atomic mass is 10.0. The Morgan fingerprint density at radius 3 is 2.82 bits per heavy atom. The number of nitrogens with zero attached hydrogens (tertiary/aromatic N) is 2. The molecule has 118 valence electrons. The zero-order valence-corrected chi connectivity index (χ0v) is 12.9. The number of nitrogens with one attached hydrogen (secondary N) is 1. The van der Waals surface area contributed by atoms with Gasteiger partial charge < -0.3 is 15.0 Å². The number of aromatic nitrogens is 1. The normalized spacial score (nSPS) is 23.2. The van der Waals surface area contributed by atoms with Crippen molar-refractivity contribution >= 4 is 11.6 Å². The first-order valence-electron chi connectivity index (χ1n) is 8.34. The molecule has 3 fully saturated rings. The van der Waals surface area contributed by atoms with Gasteiger partial charge in [-0.1, -0.05) is 0 Å². The van der Waals surface area contributed by atoms with Gasteiger partial charge in [-0.3, -0.25) is 9.78 Å². The highest BCUT2D eigenvalue weighted by molar-refractivity contribution is 5.93. The van der Waals surface area contributed by atoms with E-state index in [2.05, 4.69) is 15.2 Å². The molecule has 0 radical (unpaired) electrons. The van der Waals surface area contributed by atoms with Crippen LogP contribution in [0.3, 0.4) is 0 Å². The predicted molar refractivity (Wildman–Crippen MR) is 84.0 cm³/mol. The van der Waals surface area contributed by atoms with Crippen LogP contribution in [-0.4, -0.2) is 43.7 Å². The molecule has 4 rings (SSSR count). The maximum absolute atomic E-state index is 12.4. The van der Waals surface area contributed by atoms with Crippen LogP contribution in [0.5, 0.6) is 0 Å². The van der Waals surface area contributed by atoms with Gasteiger partial charge in [0.1, 0.15) is 5.69 Å². The lowest BCUT2D eigenvalue weighted by molar-refractivity contribution is 0.0937. The molecule has 1 aromatic rings. The minimum Gasteiger partial charge on any atom is -0.378 e. The van der Waals surface area contributed by atoms with E-state index in [1.165, 1.54) is 25.7 Å². The maximum atomic E-state index is 12.4. The third-order valence-electron chi connectivity index (χ3n) is 5.29. The standard InChI is InChI=1S/C17H23N3O2/c21-16(19-12-17(4-5-17)13-1-2-13)15-11-14(3-6-18-15)20-7-9-22-10-8-20/h3,6,11,13H,1-2,4-5,7-10,12H2,(H,19,21). The van der Waals surface area contributed by atoms with Crippen LogP contribution >= 0.6 is 0 Å². The molecule has 0 bridgehead atoms. The number of morpholine rings is 1. The predicted octanol–water partition coefficient (Wildman–Crippen LogP) is 1.84. The Balaban J connectivity index is 1.39. The molecule has 5 nitrogen and oxygen atoms in total. The fourth-order valence-corrected chi connectivity index (χ4v) is 3.49. The van der Waals surface area contributed by atoms with E-state index in [4.69, 9.17) is 4.74 Å². The highest BCUT2D eigenvalue weighted by Crippen LogP contribution is 2.60. The van der Waals surface area contributed by atoms with Gasteiger partial charge in [-0.15, -0.1) is 0 Å². The highest BCUT2D eigenvalue weighted by Gasteiger charge is 2.53. The van der Waals surface area contributed by atoms with Gasteiger partial charge in [-0.05, 0) is 49.1 Å². The van der Waals surface area contributed by atoms with E-state index >= 15 is 0 Å². The van der Waals surface area contributed by atoms with Crippen molar-refractivity contribution in [1.82, 2.24) is 10.3 Å². The Kier molecular flexibility index (Phi) is 3.53. The second kappa shape index (κ2) is 5.54. The van der Waals surface area contributed by atoms with E-state index < -0.39 is 0 Å². The fourth-order valence-electron chi connectivity index (χ4n) is 3.49. The van der Waals surface area contributed by atoms with Crippen LogP contribution in [-0.2, 0) is 4.74 Å². The topological polar surface area (TPSA) is 54.5 Å². The molecule has 0 unspecified atom stereocenters. The number of anilines is 1. The van der Waals surface area contributed by atoms with Crippen LogP contribution in [0.25, 0.3) is 0 Å². The number of amides is 1. The van der Waals surface area contributed by atoms with E-state index in [1.54, 1.807) is 6.20 Å². The quantitative estimate of drug-likeness (QED) is 0.901. The van der Waals surface area contributed by atoms with Crippen molar-refractivity contribution < 1.29 is 9.53 Å². The SMILES string of the molecule is O=C(NCC1(C2CC2)CC1)c1cc(N2CCOCC2)ccn1.